The summed E-state index contributed by atoms with van der Waals surface area (Å²) in [4.78, 5) is 27.3. The molecule has 2 amide bonds. The van der Waals surface area contributed by atoms with Crippen LogP contribution < -0.4 is 15.4 Å². The molecule has 1 aromatic heterocycles. The van der Waals surface area contributed by atoms with E-state index in [0.29, 0.717) is 5.75 Å². The molecule has 18 heavy (non-hydrogen) atoms. The number of hydrogen-bond acceptors (Lipinski definition) is 4. The molecule has 0 bridgehead atoms. The average molecular weight is 249 g/mol. The van der Waals surface area contributed by atoms with Crippen molar-refractivity contribution in [3.05, 3.63) is 17.8 Å². The Kier molecular flexibility index (Phi) is 3.18. The molecule has 1 atom stereocenters. The Balaban J connectivity index is 2.25. The molecule has 1 unspecified atom stereocenters. The molecule has 0 spiro atoms. The zero-order valence-electron chi connectivity index (χ0n) is 10.5. The fraction of sp³-hybridized carbons (Fsp3) is 0.417. The van der Waals surface area contributed by atoms with E-state index in [9.17, 15) is 9.59 Å². The van der Waals surface area contributed by atoms with Crippen LogP contribution >= 0.6 is 0 Å². The van der Waals surface area contributed by atoms with E-state index in [2.05, 4.69) is 15.6 Å². The van der Waals surface area contributed by atoms with Crippen LogP contribution in [0, 0.1) is 0 Å². The summed E-state index contributed by atoms with van der Waals surface area (Å²) >= 11 is 0. The van der Waals surface area contributed by atoms with Gasteiger partial charge in [-0.1, -0.05) is 0 Å². The first kappa shape index (κ1) is 12.3. The van der Waals surface area contributed by atoms with Gasteiger partial charge in [-0.15, -0.1) is 0 Å². The van der Waals surface area contributed by atoms with Gasteiger partial charge in [0.05, 0.1) is 0 Å². The first-order chi connectivity index (χ1) is 8.47. The van der Waals surface area contributed by atoms with E-state index in [-0.39, 0.29) is 29.4 Å². The molecule has 1 aliphatic rings. The molecule has 0 aromatic carbocycles. The van der Waals surface area contributed by atoms with Crippen molar-refractivity contribution in [2.75, 3.05) is 5.32 Å². The van der Waals surface area contributed by atoms with Crippen molar-refractivity contribution in [1.82, 2.24) is 10.3 Å². The zero-order chi connectivity index (χ0) is 13.3. The van der Waals surface area contributed by atoms with Crippen LogP contribution in [0.1, 0.15) is 31.3 Å². The number of hydrogen-bond donors (Lipinski definition) is 2. The van der Waals surface area contributed by atoms with Gasteiger partial charge >= 0.3 is 0 Å². The Bertz CT molecular complexity index is 499. The summed E-state index contributed by atoms with van der Waals surface area (Å²) in [5.41, 5.74) is 0.251. The van der Waals surface area contributed by atoms with E-state index in [4.69, 9.17) is 4.74 Å². The minimum atomic E-state index is -0.547. The number of fused-ring (bicyclic) bond motifs is 1. The Morgan fingerprint density at radius 3 is 2.89 bits per heavy atom. The van der Waals surface area contributed by atoms with Gasteiger partial charge in [0, 0.05) is 6.04 Å². The van der Waals surface area contributed by atoms with Crippen molar-refractivity contribution >= 4 is 17.6 Å². The summed E-state index contributed by atoms with van der Waals surface area (Å²) < 4.78 is 5.35. The number of amides is 2. The molecular formula is C12H15N3O3. The third-order valence-corrected chi connectivity index (χ3v) is 2.43. The van der Waals surface area contributed by atoms with Gasteiger partial charge in [0.1, 0.15) is 5.69 Å². The fourth-order valence-electron chi connectivity index (χ4n) is 1.56. The monoisotopic (exact) mass is 249 g/mol. The van der Waals surface area contributed by atoms with Crippen LogP contribution in [0.3, 0.4) is 0 Å². The third kappa shape index (κ3) is 2.42. The summed E-state index contributed by atoms with van der Waals surface area (Å²) in [7, 11) is 0. The van der Waals surface area contributed by atoms with Crippen LogP contribution in [-0.2, 0) is 4.79 Å². The maximum absolute atomic E-state index is 11.8. The number of carbonyl (C=O) groups excluding carboxylic acids is 2. The molecule has 2 heterocycles. The molecule has 0 saturated carbocycles. The second-order valence-electron chi connectivity index (χ2n) is 4.42. The van der Waals surface area contributed by atoms with Crippen LogP contribution in [0.15, 0.2) is 12.1 Å². The number of pyridine rings is 1. The summed E-state index contributed by atoms with van der Waals surface area (Å²) in [6, 6.07) is 3.23. The Morgan fingerprint density at radius 2 is 2.22 bits per heavy atom. The van der Waals surface area contributed by atoms with Crippen molar-refractivity contribution in [2.24, 2.45) is 0 Å². The second kappa shape index (κ2) is 4.64. The highest BCUT2D eigenvalue weighted by molar-refractivity contribution is 5.98. The number of aromatic nitrogens is 1. The number of nitrogens with zero attached hydrogens (tertiary/aromatic N) is 1. The third-order valence-electron chi connectivity index (χ3n) is 2.43. The number of anilines is 1. The van der Waals surface area contributed by atoms with Crippen LogP contribution in [0.2, 0.25) is 0 Å². The highest BCUT2D eigenvalue weighted by Gasteiger charge is 2.25. The van der Waals surface area contributed by atoms with Gasteiger partial charge in [-0.05, 0) is 32.9 Å². The Morgan fingerprint density at radius 1 is 1.50 bits per heavy atom. The van der Waals surface area contributed by atoms with Crippen LogP contribution in [0.5, 0.6) is 5.75 Å². The molecule has 2 N–H and O–H groups in total. The van der Waals surface area contributed by atoms with E-state index in [1.807, 2.05) is 13.8 Å². The molecule has 0 aliphatic carbocycles. The first-order valence-corrected chi connectivity index (χ1v) is 5.77. The molecule has 0 radical (unpaired) electrons. The minimum absolute atomic E-state index is 0.0289. The molecule has 96 valence electrons. The second-order valence-corrected chi connectivity index (χ2v) is 4.42. The highest BCUT2D eigenvalue weighted by Crippen LogP contribution is 2.27. The zero-order valence-corrected chi connectivity index (χ0v) is 10.5. The minimum Gasteiger partial charge on any atom is -0.477 e. The SMILES string of the molecule is CC(C)NC(=O)c1ccc2c(n1)NC(=O)C(C)O2. The number of carbonyl (C=O) groups is 2. The summed E-state index contributed by atoms with van der Waals surface area (Å²) in [6.07, 6.45) is -0.547. The van der Waals surface area contributed by atoms with Gasteiger partial charge in [-0.2, -0.15) is 0 Å². The van der Waals surface area contributed by atoms with Crippen LogP contribution in [-0.4, -0.2) is 28.9 Å². The van der Waals surface area contributed by atoms with Crippen molar-refractivity contribution in [2.45, 2.75) is 32.9 Å². The largest absolute Gasteiger partial charge is 0.477 e. The van der Waals surface area contributed by atoms with E-state index >= 15 is 0 Å². The van der Waals surface area contributed by atoms with Crippen LogP contribution in [0.25, 0.3) is 0 Å². The molecule has 0 saturated heterocycles. The standard InChI is InChI=1S/C12H15N3O3/c1-6(2)13-12(17)8-4-5-9-10(14-8)15-11(16)7(3)18-9/h4-7H,1-3H3,(H,13,17)(H,14,15,16). The highest BCUT2D eigenvalue weighted by atomic mass is 16.5. The van der Waals surface area contributed by atoms with Gasteiger partial charge in [0.15, 0.2) is 17.7 Å². The molecular weight excluding hydrogens is 234 g/mol. The molecule has 1 aromatic rings. The predicted octanol–water partition coefficient (Wildman–Crippen LogP) is 0.939. The van der Waals surface area contributed by atoms with E-state index in [1.54, 1.807) is 19.1 Å². The van der Waals surface area contributed by atoms with Gasteiger partial charge < -0.3 is 15.4 Å². The summed E-state index contributed by atoms with van der Waals surface area (Å²) in [5, 5.41) is 5.33. The topological polar surface area (TPSA) is 80.3 Å². The van der Waals surface area contributed by atoms with Gasteiger partial charge in [-0.3, -0.25) is 9.59 Å². The maximum Gasteiger partial charge on any atom is 0.270 e. The maximum atomic E-state index is 11.8. The van der Waals surface area contributed by atoms with Crippen molar-refractivity contribution in [1.29, 1.82) is 0 Å². The van der Waals surface area contributed by atoms with Gasteiger partial charge in [0.25, 0.3) is 11.8 Å². The van der Waals surface area contributed by atoms with Crippen LogP contribution in [0.4, 0.5) is 5.82 Å². The molecule has 2 rings (SSSR count). The number of ether oxygens (including phenoxy) is 1. The smallest absolute Gasteiger partial charge is 0.270 e. The van der Waals surface area contributed by atoms with Gasteiger partial charge in [-0.25, -0.2) is 4.98 Å². The number of nitrogens with one attached hydrogen (secondary N) is 2. The Hall–Kier alpha value is -2.11. The average Bonchev–Trinajstić information content (AvgIpc) is 2.29. The molecule has 0 fully saturated rings. The van der Waals surface area contributed by atoms with E-state index in [1.165, 1.54) is 0 Å². The fourth-order valence-corrected chi connectivity index (χ4v) is 1.56. The molecule has 6 heteroatoms. The quantitative estimate of drug-likeness (QED) is 0.817. The summed E-state index contributed by atoms with van der Waals surface area (Å²) in [5.74, 6) is 0.217. The lowest BCUT2D eigenvalue weighted by atomic mass is 10.2. The van der Waals surface area contributed by atoms with E-state index in [0.717, 1.165) is 0 Å². The molecule has 1 aliphatic heterocycles. The number of rotatable bonds is 2. The van der Waals surface area contributed by atoms with Crippen molar-refractivity contribution < 1.29 is 14.3 Å². The van der Waals surface area contributed by atoms with E-state index < -0.39 is 6.10 Å². The summed E-state index contributed by atoms with van der Waals surface area (Å²) in [6.45, 7) is 5.38. The van der Waals surface area contributed by atoms with Crippen molar-refractivity contribution in [3.63, 3.8) is 0 Å². The molecule has 6 nitrogen and oxygen atoms in total. The lowest BCUT2D eigenvalue weighted by Gasteiger charge is -2.22. The van der Waals surface area contributed by atoms with Crippen molar-refractivity contribution in [3.8, 4) is 5.75 Å². The first-order valence-electron chi connectivity index (χ1n) is 5.77. The Labute approximate surface area is 105 Å². The predicted molar refractivity (Wildman–Crippen MR) is 65.6 cm³/mol. The lowest BCUT2D eigenvalue weighted by molar-refractivity contribution is -0.122. The lowest BCUT2D eigenvalue weighted by Crippen LogP contribution is -2.36. The van der Waals surface area contributed by atoms with Gasteiger partial charge in [0.2, 0.25) is 0 Å². The normalized spacial score (nSPS) is 17.8.